The molecule has 0 unspecified atom stereocenters. The minimum atomic E-state index is -1.19. The summed E-state index contributed by atoms with van der Waals surface area (Å²) in [5.74, 6) is -1.16. The second-order valence-electron chi connectivity index (χ2n) is 9.46. The molecule has 1 aliphatic rings. The highest BCUT2D eigenvalue weighted by Crippen LogP contribution is 2.34. The van der Waals surface area contributed by atoms with E-state index in [1.54, 1.807) is 38.1 Å². The number of hydrogen-bond donors (Lipinski definition) is 0. The van der Waals surface area contributed by atoms with Gasteiger partial charge in [-0.3, -0.25) is 14.4 Å². The number of aromatic nitrogens is 1. The van der Waals surface area contributed by atoms with Crippen LogP contribution in [0.4, 0.5) is 14.9 Å². The molecular weight excluding hydrogens is 497 g/mol. The lowest BCUT2D eigenvalue weighted by atomic mass is 9.96. The van der Waals surface area contributed by atoms with E-state index in [9.17, 15) is 23.6 Å². The predicted octanol–water partition coefficient (Wildman–Crippen LogP) is 5.18. The summed E-state index contributed by atoms with van der Waals surface area (Å²) in [6, 6.07) is 13.2. The maximum absolute atomic E-state index is 14.2. The molecule has 0 bridgehead atoms. The van der Waals surface area contributed by atoms with E-state index in [1.165, 1.54) is 48.4 Å². The Balaban J connectivity index is 1.56. The second kappa shape index (κ2) is 10.2. The van der Waals surface area contributed by atoms with Gasteiger partial charge in [-0.1, -0.05) is 41.9 Å². The van der Waals surface area contributed by atoms with E-state index in [0.29, 0.717) is 22.4 Å². The Bertz CT molecular complexity index is 1400. The molecule has 0 N–H and O–H groups in total. The van der Waals surface area contributed by atoms with Gasteiger partial charge < -0.3 is 4.90 Å². The largest absolute Gasteiger partial charge is 0.332 e. The third kappa shape index (κ3) is 5.44. The Morgan fingerprint density at radius 1 is 0.973 bits per heavy atom. The molecular formula is C28H25ClFN3O4. The highest BCUT2D eigenvalue weighted by molar-refractivity contribution is 6.30. The van der Waals surface area contributed by atoms with Crippen LogP contribution in [-0.2, 0) is 29.0 Å². The summed E-state index contributed by atoms with van der Waals surface area (Å²) in [6.45, 7) is 4.74. The molecule has 3 amide bonds. The number of hydrogen-bond acceptors (Lipinski definition) is 5. The zero-order valence-electron chi connectivity index (χ0n) is 20.6. The van der Waals surface area contributed by atoms with Gasteiger partial charge in [-0.2, -0.15) is 0 Å². The molecule has 0 spiro atoms. The topological polar surface area (TPSA) is 87.7 Å². The number of Topliss-reactive ketones (excluding diaryl/α,β-unsaturated/α-hetero) is 2. The van der Waals surface area contributed by atoms with Crippen LogP contribution in [0.5, 0.6) is 0 Å². The van der Waals surface area contributed by atoms with Gasteiger partial charge in [0, 0.05) is 31.1 Å². The average Bonchev–Trinajstić information content (AvgIpc) is 3.00. The van der Waals surface area contributed by atoms with Crippen LogP contribution < -0.4 is 4.90 Å². The molecule has 0 saturated carbocycles. The van der Waals surface area contributed by atoms with Crippen molar-refractivity contribution in [3.8, 4) is 0 Å². The van der Waals surface area contributed by atoms with Gasteiger partial charge in [-0.15, -0.1) is 0 Å². The summed E-state index contributed by atoms with van der Waals surface area (Å²) in [4.78, 5) is 57.2. The minimum Gasteiger partial charge on any atom is -0.305 e. The van der Waals surface area contributed by atoms with E-state index in [0.717, 1.165) is 10.5 Å². The summed E-state index contributed by atoms with van der Waals surface area (Å²) in [6.07, 6.45) is 1.46. The van der Waals surface area contributed by atoms with Crippen molar-refractivity contribution in [2.45, 2.75) is 45.7 Å². The molecule has 3 aromatic rings. The van der Waals surface area contributed by atoms with Crippen molar-refractivity contribution in [2.75, 3.05) is 4.90 Å². The van der Waals surface area contributed by atoms with E-state index < -0.39 is 23.3 Å². The summed E-state index contributed by atoms with van der Waals surface area (Å²) in [7, 11) is 0. The number of nitrogens with zero attached hydrogens (tertiary/aromatic N) is 3. The number of pyridine rings is 1. The van der Waals surface area contributed by atoms with Crippen molar-refractivity contribution in [1.82, 2.24) is 9.88 Å². The van der Waals surface area contributed by atoms with Crippen LogP contribution in [0.25, 0.3) is 0 Å². The molecule has 7 nitrogen and oxygen atoms in total. The summed E-state index contributed by atoms with van der Waals surface area (Å²) >= 11 is 5.96. The average molecular weight is 522 g/mol. The lowest BCUT2D eigenvalue weighted by molar-refractivity contribution is -0.123. The van der Waals surface area contributed by atoms with Gasteiger partial charge in [0.05, 0.1) is 5.69 Å². The minimum absolute atomic E-state index is 0.00307. The zero-order chi connectivity index (χ0) is 26.9. The number of halogens is 2. The van der Waals surface area contributed by atoms with Crippen molar-refractivity contribution >= 4 is 40.8 Å². The number of carbonyl (C=O) groups excluding carboxylic acids is 4. The maximum atomic E-state index is 14.2. The summed E-state index contributed by atoms with van der Waals surface area (Å²) < 4.78 is 14.2. The van der Waals surface area contributed by atoms with Crippen molar-refractivity contribution in [3.63, 3.8) is 0 Å². The molecule has 1 saturated heterocycles. The Hall–Kier alpha value is -3.91. The first-order valence-corrected chi connectivity index (χ1v) is 12.0. The van der Waals surface area contributed by atoms with Gasteiger partial charge >= 0.3 is 6.03 Å². The van der Waals surface area contributed by atoms with Crippen LogP contribution in [0, 0.1) is 5.82 Å². The van der Waals surface area contributed by atoms with E-state index in [2.05, 4.69) is 4.98 Å². The first-order chi connectivity index (χ1) is 17.5. The fourth-order valence-electron chi connectivity index (χ4n) is 4.30. The normalized spacial score (nSPS) is 14.8. The number of ketones is 2. The van der Waals surface area contributed by atoms with Crippen molar-refractivity contribution in [3.05, 3.63) is 94.0 Å². The van der Waals surface area contributed by atoms with Gasteiger partial charge in [-0.25, -0.2) is 19.1 Å². The molecule has 0 atom stereocenters. The standard InChI is InChI=1S/C28H25ClFN3O4/c1-17(34)19-6-4-18(5-7-19)12-24(35)14-21-13-22(30)9-8-20(21)16-32-27(37)33(26(36)28(32,2)3)23-10-11-31-25(29)15-23/h4-11,13,15H,12,14,16H2,1-3H3. The molecule has 2 heterocycles. The number of carbonyl (C=O) groups is 4. The highest BCUT2D eigenvalue weighted by Gasteiger charge is 2.51. The Labute approximate surface area is 218 Å². The molecule has 37 heavy (non-hydrogen) atoms. The first kappa shape index (κ1) is 26.2. The van der Waals surface area contributed by atoms with Crippen LogP contribution in [0.2, 0.25) is 5.15 Å². The lowest BCUT2D eigenvalue weighted by Gasteiger charge is -2.28. The predicted molar refractivity (Wildman–Crippen MR) is 137 cm³/mol. The molecule has 1 aliphatic heterocycles. The first-order valence-electron chi connectivity index (χ1n) is 11.6. The van der Waals surface area contributed by atoms with E-state index in [1.807, 2.05) is 0 Å². The Morgan fingerprint density at radius 3 is 2.32 bits per heavy atom. The van der Waals surface area contributed by atoms with Crippen molar-refractivity contribution in [2.24, 2.45) is 0 Å². The third-order valence-corrected chi connectivity index (χ3v) is 6.64. The van der Waals surface area contributed by atoms with E-state index in [4.69, 9.17) is 11.6 Å². The summed E-state index contributed by atoms with van der Waals surface area (Å²) in [5, 5.41) is 0.143. The molecule has 2 aromatic carbocycles. The zero-order valence-corrected chi connectivity index (χ0v) is 21.4. The lowest BCUT2D eigenvalue weighted by Crippen LogP contribution is -2.43. The Morgan fingerprint density at radius 2 is 1.68 bits per heavy atom. The van der Waals surface area contributed by atoms with Crippen molar-refractivity contribution < 1.29 is 23.6 Å². The third-order valence-electron chi connectivity index (χ3n) is 6.44. The number of imide groups is 1. The van der Waals surface area contributed by atoms with Crippen LogP contribution in [0.15, 0.2) is 60.8 Å². The van der Waals surface area contributed by atoms with E-state index in [-0.39, 0.29) is 36.1 Å². The smallest absolute Gasteiger partial charge is 0.305 e. The molecule has 1 aromatic heterocycles. The molecule has 9 heteroatoms. The number of urea groups is 1. The summed E-state index contributed by atoms with van der Waals surface area (Å²) in [5.41, 5.74) is 1.40. The number of anilines is 1. The van der Waals surface area contributed by atoms with Gasteiger partial charge in [0.25, 0.3) is 5.91 Å². The van der Waals surface area contributed by atoms with Gasteiger partial charge in [-0.05, 0) is 61.7 Å². The van der Waals surface area contributed by atoms with Gasteiger partial charge in [0.15, 0.2) is 5.78 Å². The number of benzene rings is 2. The SMILES string of the molecule is CC(=O)c1ccc(CC(=O)Cc2cc(F)ccc2CN2C(=O)N(c3ccnc(Cl)c3)C(=O)C2(C)C)cc1. The molecule has 190 valence electrons. The molecule has 4 rings (SSSR count). The van der Waals surface area contributed by atoms with Crippen LogP contribution in [0.1, 0.15) is 47.8 Å². The molecule has 0 aliphatic carbocycles. The van der Waals surface area contributed by atoms with E-state index >= 15 is 0 Å². The van der Waals surface area contributed by atoms with Crippen LogP contribution in [-0.4, -0.2) is 38.9 Å². The Kier molecular flexibility index (Phi) is 7.23. The van der Waals surface area contributed by atoms with Crippen LogP contribution >= 0.6 is 11.6 Å². The fraction of sp³-hybridized carbons (Fsp3) is 0.250. The van der Waals surface area contributed by atoms with Crippen molar-refractivity contribution in [1.29, 1.82) is 0 Å². The number of amides is 3. The van der Waals surface area contributed by atoms with Crippen LogP contribution in [0.3, 0.4) is 0 Å². The second-order valence-corrected chi connectivity index (χ2v) is 9.85. The van der Waals surface area contributed by atoms with Gasteiger partial charge in [0.1, 0.15) is 22.3 Å². The monoisotopic (exact) mass is 521 g/mol. The molecule has 0 radical (unpaired) electrons. The maximum Gasteiger partial charge on any atom is 0.332 e. The quantitative estimate of drug-likeness (QED) is 0.231. The molecule has 1 fully saturated rings. The van der Waals surface area contributed by atoms with Gasteiger partial charge in [0.2, 0.25) is 0 Å². The number of rotatable bonds is 8. The fourth-order valence-corrected chi connectivity index (χ4v) is 4.47. The highest BCUT2D eigenvalue weighted by atomic mass is 35.5.